The van der Waals surface area contributed by atoms with Gasteiger partial charge >= 0.3 is 0 Å². The van der Waals surface area contributed by atoms with E-state index in [0.717, 1.165) is 31.6 Å². The predicted molar refractivity (Wildman–Crippen MR) is 83.0 cm³/mol. The zero-order chi connectivity index (χ0) is 15.1. The van der Waals surface area contributed by atoms with Crippen LogP contribution in [-0.2, 0) is 6.54 Å². The van der Waals surface area contributed by atoms with Gasteiger partial charge in [-0.3, -0.25) is 10.1 Å². The van der Waals surface area contributed by atoms with Gasteiger partial charge in [0, 0.05) is 25.7 Å². The maximum Gasteiger partial charge on any atom is 0.292 e. The predicted octanol–water partition coefficient (Wildman–Crippen LogP) is 3.50. The van der Waals surface area contributed by atoms with Gasteiger partial charge in [0.25, 0.3) is 5.69 Å². The zero-order valence-electron chi connectivity index (χ0n) is 12.8. The molecule has 0 saturated carbocycles. The van der Waals surface area contributed by atoms with Crippen LogP contribution in [0.3, 0.4) is 0 Å². The Labute approximate surface area is 121 Å². The van der Waals surface area contributed by atoms with Gasteiger partial charge in [-0.25, -0.2) is 0 Å². The van der Waals surface area contributed by atoms with Crippen molar-refractivity contribution in [2.45, 2.75) is 33.7 Å². The summed E-state index contributed by atoms with van der Waals surface area (Å²) < 4.78 is 0. The summed E-state index contributed by atoms with van der Waals surface area (Å²) in [6.45, 7) is 8.81. The van der Waals surface area contributed by atoms with Crippen LogP contribution in [-0.4, -0.2) is 30.0 Å². The smallest absolute Gasteiger partial charge is 0.292 e. The highest BCUT2D eigenvalue weighted by molar-refractivity contribution is 5.62. The van der Waals surface area contributed by atoms with Gasteiger partial charge in [-0.1, -0.05) is 26.8 Å². The highest BCUT2D eigenvalue weighted by Gasteiger charge is 2.15. The lowest BCUT2D eigenvalue weighted by Crippen LogP contribution is -2.22. The Hall–Kier alpha value is -1.62. The summed E-state index contributed by atoms with van der Waals surface area (Å²) in [6, 6.07) is 5.45. The first kappa shape index (κ1) is 16.4. The van der Waals surface area contributed by atoms with Gasteiger partial charge < -0.3 is 10.2 Å². The molecule has 0 aliphatic carbocycles. The van der Waals surface area contributed by atoms with E-state index < -0.39 is 0 Å². The van der Waals surface area contributed by atoms with Crippen LogP contribution in [0.25, 0.3) is 0 Å². The van der Waals surface area contributed by atoms with E-state index in [1.54, 1.807) is 6.07 Å². The number of nitro benzene ring substituents is 1. The Kier molecular flexibility index (Phi) is 6.45. The highest BCUT2D eigenvalue weighted by Crippen LogP contribution is 2.26. The fourth-order valence-corrected chi connectivity index (χ4v) is 2.24. The molecule has 0 amide bonds. The van der Waals surface area contributed by atoms with Crippen molar-refractivity contribution in [3.05, 3.63) is 33.9 Å². The van der Waals surface area contributed by atoms with Crippen molar-refractivity contribution in [2.24, 2.45) is 5.92 Å². The minimum atomic E-state index is -0.316. The molecule has 0 fully saturated rings. The molecule has 0 atom stereocenters. The molecular weight excluding hydrogens is 254 g/mol. The van der Waals surface area contributed by atoms with Crippen LogP contribution in [0.15, 0.2) is 18.2 Å². The van der Waals surface area contributed by atoms with Crippen LogP contribution < -0.4 is 5.32 Å². The summed E-state index contributed by atoms with van der Waals surface area (Å²) >= 11 is 0. The molecule has 112 valence electrons. The molecule has 5 heteroatoms. The fraction of sp³-hybridized carbons (Fsp3) is 0.600. The van der Waals surface area contributed by atoms with Crippen molar-refractivity contribution in [2.75, 3.05) is 25.5 Å². The molecule has 5 nitrogen and oxygen atoms in total. The summed E-state index contributed by atoms with van der Waals surface area (Å²) in [5.74, 6) is 0.584. The van der Waals surface area contributed by atoms with Crippen LogP contribution in [0.5, 0.6) is 0 Å². The first-order valence-corrected chi connectivity index (χ1v) is 7.13. The Balaban J connectivity index is 2.84. The first-order chi connectivity index (χ1) is 9.43. The number of nitrogens with zero attached hydrogens (tertiary/aromatic N) is 2. The topological polar surface area (TPSA) is 58.4 Å². The lowest BCUT2D eigenvalue weighted by Gasteiger charge is -2.19. The number of benzene rings is 1. The molecule has 0 heterocycles. The summed E-state index contributed by atoms with van der Waals surface area (Å²) in [5, 5.41) is 14.3. The Morgan fingerprint density at radius 2 is 2.10 bits per heavy atom. The number of anilines is 1. The third kappa shape index (κ3) is 5.17. The average molecular weight is 279 g/mol. The standard InChI is InChI=1S/C15H25N3O2/c1-5-8-16-14-7-6-13(9-15(14)18(19)20)11-17(4)10-12(2)3/h6-7,9,12,16H,5,8,10-11H2,1-4H3. The SMILES string of the molecule is CCCNc1ccc(CN(C)CC(C)C)cc1[N+](=O)[O-]. The van der Waals surface area contributed by atoms with E-state index in [2.05, 4.69) is 24.1 Å². The van der Waals surface area contributed by atoms with Crippen molar-refractivity contribution in [1.82, 2.24) is 4.90 Å². The van der Waals surface area contributed by atoms with Crippen molar-refractivity contribution in [3.63, 3.8) is 0 Å². The number of nitro groups is 1. The highest BCUT2D eigenvalue weighted by atomic mass is 16.6. The van der Waals surface area contributed by atoms with Crippen molar-refractivity contribution in [3.8, 4) is 0 Å². The van der Waals surface area contributed by atoms with Crippen LogP contribution in [0, 0.1) is 16.0 Å². The number of rotatable bonds is 8. The molecule has 1 aromatic carbocycles. The second-order valence-corrected chi connectivity index (χ2v) is 5.63. The van der Waals surface area contributed by atoms with Crippen LogP contribution in [0.1, 0.15) is 32.8 Å². The first-order valence-electron chi connectivity index (χ1n) is 7.13. The van der Waals surface area contributed by atoms with E-state index in [1.165, 1.54) is 0 Å². The van der Waals surface area contributed by atoms with E-state index in [9.17, 15) is 10.1 Å². The summed E-state index contributed by atoms with van der Waals surface area (Å²) in [7, 11) is 2.04. The average Bonchev–Trinajstić information content (AvgIpc) is 2.35. The normalized spacial score (nSPS) is 11.1. The minimum Gasteiger partial charge on any atom is -0.380 e. The van der Waals surface area contributed by atoms with Crippen LogP contribution >= 0.6 is 0 Å². The Morgan fingerprint density at radius 3 is 2.65 bits per heavy atom. The van der Waals surface area contributed by atoms with Crippen molar-refractivity contribution < 1.29 is 4.92 Å². The second kappa shape index (κ2) is 7.85. The maximum atomic E-state index is 11.2. The van der Waals surface area contributed by atoms with Crippen molar-refractivity contribution in [1.29, 1.82) is 0 Å². The van der Waals surface area contributed by atoms with Gasteiger partial charge in [-0.05, 0) is 31.0 Å². The van der Waals surface area contributed by atoms with Gasteiger partial charge in [-0.2, -0.15) is 0 Å². The van der Waals surface area contributed by atoms with E-state index in [0.29, 0.717) is 11.6 Å². The molecule has 1 N–H and O–H groups in total. The van der Waals surface area contributed by atoms with Gasteiger partial charge in [0.05, 0.1) is 4.92 Å². The number of hydrogen-bond donors (Lipinski definition) is 1. The summed E-state index contributed by atoms with van der Waals surface area (Å²) in [4.78, 5) is 13.0. The number of nitrogens with one attached hydrogen (secondary N) is 1. The summed E-state index contributed by atoms with van der Waals surface area (Å²) in [6.07, 6.45) is 0.941. The molecule has 0 aliphatic heterocycles. The lowest BCUT2D eigenvalue weighted by atomic mass is 10.1. The second-order valence-electron chi connectivity index (χ2n) is 5.63. The molecular formula is C15H25N3O2. The third-order valence-corrected chi connectivity index (χ3v) is 2.95. The number of hydrogen-bond acceptors (Lipinski definition) is 4. The molecule has 0 aromatic heterocycles. The molecule has 0 radical (unpaired) electrons. The molecule has 0 aliphatic rings. The van der Waals surface area contributed by atoms with E-state index >= 15 is 0 Å². The lowest BCUT2D eigenvalue weighted by molar-refractivity contribution is -0.384. The Morgan fingerprint density at radius 1 is 1.40 bits per heavy atom. The molecule has 20 heavy (non-hydrogen) atoms. The van der Waals surface area contributed by atoms with Gasteiger partial charge in [0.1, 0.15) is 5.69 Å². The zero-order valence-corrected chi connectivity index (χ0v) is 12.8. The van der Waals surface area contributed by atoms with Gasteiger partial charge in [0.15, 0.2) is 0 Å². The quantitative estimate of drug-likeness (QED) is 0.584. The monoisotopic (exact) mass is 279 g/mol. The molecule has 0 bridgehead atoms. The van der Waals surface area contributed by atoms with Gasteiger partial charge in [0.2, 0.25) is 0 Å². The van der Waals surface area contributed by atoms with E-state index in [-0.39, 0.29) is 10.6 Å². The molecule has 0 unspecified atom stereocenters. The molecule has 0 saturated heterocycles. The van der Waals surface area contributed by atoms with E-state index in [1.807, 2.05) is 26.1 Å². The molecule has 1 rings (SSSR count). The fourth-order valence-electron chi connectivity index (χ4n) is 2.24. The van der Waals surface area contributed by atoms with Crippen LogP contribution in [0.4, 0.5) is 11.4 Å². The third-order valence-electron chi connectivity index (χ3n) is 2.95. The molecule has 0 spiro atoms. The summed E-state index contributed by atoms with van der Waals surface area (Å²) in [5.41, 5.74) is 1.74. The van der Waals surface area contributed by atoms with Crippen molar-refractivity contribution >= 4 is 11.4 Å². The maximum absolute atomic E-state index is 11.2. The van der Waals surface area contributed by atoms with Gasteiger partial charge in [-0.15, -0.1) is 0 Å². The van der Waals surface area contributed by atoms with E-state index in [4.69, 9.17) is 0 Å². The minimum absolute atomic E-state index is 0.161. The molecule has 1 aromatic rings. The largest absolute Gasteiger partial charge is 0.380 e. The van der Waals surface area contributed by atoms with Crippen LogP contribution in [0.2, 0.25) is 0 Å². The Bertz CT molecular complexity index is 447.